The second-order valence-corrected chi connectivity index (χ2v) is 7.32. The smallest absolute Gasteiger partial charge is 0.140 e. The van der Waals surface area contributed by atoms with Crippen LogP contribution in [0.15, 0.2) is 31.8 Å². The van der Waals surface area contributed by atoms with Crippen LogP contribution in [0.2, 0.25) is 0 Å². The van der Waals surface area contributed by atoms with Crippen LogP contribution in [0.4, 0.5) is 5.69 Å². The van der Waals surface area contributed by atoms with Crippen molar-refractivity contribution in [1.29, 1.82) is 0 Å². The Bertz CT molecular complexity index is 702. The van der Waals surface area contributed by atoms with Crippen LogP contribution in [0.5, 0.6) is 0 Å². The van der Waals surface area contributed by atoms with Crippen molar-refractivity contribution in [2.75, 3.05) is 5.73 Å². The second-order valence-electron chi connectivity index (χ2n) is 3.57. The summed E-state index contributed by atoms with van der Waals surface area (Å²) in [5, 5.41) is 0. The molecule has 3 aromatic rings. The van der Waals surface area contributed by atoms with Gasteiger partial charge in [-0.25, -0.2) is 4.98 Å². The number of nitrogens with one attached hydrogen (secondary N) is 1. The lowest BCUT2D eigenvalue weighted by atomic mass is 10.3. The molecule has 0 aliphatic heterocycles. The van der Waals surface area contributed by atoms with Gasteiger partial charge in [-0.1, -0.05) is 6.07 Å². The minimum Gasteiger partial charge on any atom is -0.397 e. The summed E-state index contributed by atoms with van der Waals surface area (Å²) in [6.45, 7) is 0. The molecule has 6 heteroatoms. The number of imidazole rings is 1. The monoisotopic (exact) mass is 371 g/mol. The van der Waals surface area contributed by atoms with Crippen LogP contribution in [0.3, 0.4) is 0 Å². The number of halogens is 2. The highest BCUT2D eigenvalue weighted by Gasteiger charge is 2.12. The van der Waals surface area contributed by atoms with E-state index in [0.29, 0.717) is 5.69 Å². The summed E-state index contributed by atoms with van der Waals surface area (Å²) in [4.78, 5) is 7.80. The number of nitrogens with two attached hydrogens (primary N) is 1. The Kier molecular flexibility index (Phi) is 2.72. The molecule has 0 unspecified atom stereocenters. The summed E-state index contributed by atoms with van der Waals surface area (Å²) in [5.41, 5.74) is 9.39. The summed E-state index contributed by atoms with van der Waals surface area (Å²) in [7, 11) is 0. The molecule has 0 aliphatic rings. The number of aromatic nitrogens is 2. The van der Waals surface area contributed by atoms with Gasteiger partial charge in [-0.15, -0.1) is 11.3 Å². The van der Waals surface area contributed by atoms with Crippen molar-refractivity contribution in [1.82, 2.24) is 9.97 Å². The highest BCUT2D eigenvalue weighted by molar-refractivity contribution is 9.12. The van der Waals surface area contributed by atoms with Crippen LogP contribution in [-0.4, -0.2) is 9.97 Å². The normalized spacial score (nSPS) is 11.2. The first-order valence-corrected chi connectivity index (χ1v) is 7.25. The molecule has 3 N–H and O–H groups in total. The maximum absolute atomic E-state index is 5.89. The zero-order valence-electron chi connectivity index (χ0n) is 8.50. The van der Waals surface area contributed by atoms with Crippen molar-refractivity contribution in [2.24, 2.45) is 0 Å². The van der Waals surface area contributed by atoms with Crippen LogP contribution in [0.25, 0.3) is 22.4 Å². The maximum Gasteiger partial charge on any atom is 0.140 e. The number of H-pyrrole nitrogens is 1. The number of fused-ring (bicyclic) bond motifs is 1. The number of hydrogen-bond donors (Lipinski definition) is 2. The van der Waals surface area contributed by atoms with Gasteiger partial charge in [-0.3, -0.25) is 0 Å². The molecule has 0 amide bonds. The van der Waals surface area contributed by atoms with Crippen LogP contribution >= 0.6 is 43.2 Å². The van der Waals surface area contributed by atoms with E-state index < -0.39 is 0 Å². The second kappa shape index (κ2) is 4.12. The van der Waals surface area contributed by atoms with Gasteiger partial charge in [0.1, 0.15) is 11.3 Å². The lowest BCUT2D eigenvalue weighted by Gasteiger charge is -1.91. The first-order chi connectivity index (χ1) is 8.15. The van der Waals surface area contributed by atoms with Crippen molar-refractivity contribution in [3.05, 3.63) is 31.8 Å². The topological polar surface area (TPSA) is 54.7 Å². The summed E-state index contributed by atoms with van der Waals surface area (Å²) >= 11 is 8.61. The quantitative estimate of drug-likeness (QED) is 0.622. The Hall–Kier alpha value is -0.850. The number of thiophene rings is 1. The molecule has 0 fully saturated rings. The Morgan fingerprint density at radius 3 is 2.76 bits per heavy atom. The highest BCUT2D eigenvalue weighted by Crippen LogP contribution is 2.38. The number of rotatable bonds is 1. The molecule has 86 valence electrons. The molecule has 3 rings (SSSR count). The van der Waals surface area contributed by atoms with Crippen molar-refractivity contribution in [2.45, 2.75) is 0 Å². The number of para-hydroxylation sites is 1. The summed E-state index contributed by atoms with van der Waals surface area (Å²) < 4.78 is 2.11. The number of aromatic amines is 1. The molecule has 17 heavy (non-hydrogen) atoms. The van der Waals surface area contributed by atoms with E-state index >= 15 is 0 Å². The van der Waals surface area contributed by atoms with E-state index in [9.17, 15) is 0 Å². The van der Waals surface area contributed by atoms with Crippen LogP contribution in [-0.2, 0) is 0 Å². The number of anilines is 1. The lowest BCUT2D eigenvalue weighted by molar-refractivity contribution is 1.34. The van der Waals surface area contributed by atoms with Crippen molar-refractivity contribution < 1.29 is 0 Å². The molecule has 1 aromatic carbocycles. The number of nitrogens with zero attached hydrogens (tertiary/aromatic N) is 1. The van der Waals surface area contributed by atoms with E-state index in [-0.39, 0.29) is 0 Å². The largest absolute Gasteiger partial charge is 0.397 e. The van der Waals surface area contributed by atoms with Gasteiger partial charge in [-0.05, 0) is 50.1 Å². The van der Waals surface area contributed by atoms with Crippen molar-refractivity contribution in [3.63, 3.8) is 0 Å². The molecule has 0 radical (unpaired) electrons. The summed E-state index contributed by atoms with van der Waals surface area (Å²) in [6.07, 6.45) is 0. The third kappa shape index (κ3) is 1.90. The van der Waals surface area contributed by atoms with Gasteiger partial charge in [0.05, 0.1) is 18.8 Å². The van der Waals surface area contributed by atoms with E-state index in [1.54, 1.807) is 11.3 Å². The summed E-state index contributed by atoms with van der Waals surface area (Å²) in [5.74, 6) is 0.826. The van der Waals surface area contributed by atoms with E-state index in [1.165, 1.54) is 0 Å². The Morgan fingerprint density at radius 2 is 2.12 bits per heavy atom. The molecular formula is C11H7Br2N3S. The van der Waals surface area contributed by atoms with Gasteiger partial charge in [0.25, 0.3) is 0 Å². The molecular weight excluding hydrogens is 366 g/mol. The minimum absolute atomic E-state index is 0.690. The zero-order chi connectivity index (χ0) is 12.0. The maximum atomic E-state index is 5.89. The average molecular weight is 373 g/mol. The van der Waals surface area contributed by atoms with Crippen molar-refractivity contribution in [3.8, 4) is 11.4 Å². The fraction of sp³-hybridized carbons (Fsp3) is 0. The fourth-order valence-electron chi connectivity index (χ4n) is 1.68. The molecule has 0 saturated carbocycles. The third-order valence-electron chi connectivity index (χ3n) is 2.46. The first kappa shape index (κ1) is 11.3. The molecule has 0 aliphatic carbocycles. The van der Waals surface area contributed by atoms with Gasteiger partial charge in [0.2, 0.25) is 0 Å². The van der Waals surface area contributed by atoms with E-state index in [2.05, 4.69) is 41.8 Å². The Morgan fingerprint density at radius 1 is 1.29 bits per heavy atom. The average Bonchev–Trinajstić information content (AvgIpc) is 2.82. The van der Waals surface area contributed by atoms with Crippen molar-refractivity contribution >= 4 is 59.9 Å². The van der Waals surface area contributed by atoms with E-state index in [0.717, 1.165) is 30.0 Å². The van der Waals surface area contributed by atoms with E-state index in [1.807, 2.05) is 24.3 Å². The SMILES string of the molecule is Nc1cccc2[nH]c(-c3cc(Br)sc3Br)nc12. The first-order valence-electron chi connectivity index (χ1n) is 4.84. The molecule has 3 nitrogen and oxygen atoms in total. The Labute approximate surface area is 118 Å². The van der Waals surface area contributed by atoms with E-state index in [4.69, 9.17) is 5.73 Å². The molecule has 0 bridgehead atoms. The van der Waals surface area contributed by atoms with Gasteiger partial charge in [0.15, 0.2) is 0 Å². The lowest BCUT2D eigenvalue weighted by Crippen LogP contribution is -1.84. The fourth-order valence-corrected chi connectivity index (χ4v) is 4.49. The zero-order valence-corrected chi connectivity index (χ0v) is 12.5. The van der Waals surface area contributed by atoms with Crippen LogP contribution < -0.4 is 5.73 Å². The van der Waals surface area contributed by atoms with Gasteiger partial charge in [0, 0.05) is 5.56 Å². The van der Waals surface area contributed by atoms with Crippen LogP contribution in [0, 0.1) is 0 Å². The summed E-state index contributed by atoms with van der Waals surface area (Å²) in [6, 6.07) is 7.77. The highest BCUT2D eigenvalue weighted by atomic mass is 79.9. The number of nitrogen functional groups attached to an aromatic ring is 1. The molecule has 2 aromatic heterocycles. The standard InChI is InChI=1S/C11H7Br2N3S/c12-8-4-5(10(13)17-8)11-15-7-3-1-2-6(14)9(7)16-11/h1-4H,14H2,(H,15,16). The van der Waals surface area contributed by atoms with Gasteiger partial charge in [-0.2, -0.15) is 0 Å². The Balaban J connectivity index is 2.25. The van der Waals surface area contributed by atoms with Gasteiger partial charge < -0.3 is 10.7 Å². The molecule has 2 heterocycles. The number of benzene rings is 1. The predicted octanol–water partition coefficient (Wildman–Crippen LogP) is 4.40. The van der Waals surface area contributed by atoms with Gasteiger partial charge >= 0.3 is 0 Å². The molecule has 0 atom stereocenters. The number of hydrogen-bond acceptors (Lipinski definition) is 3. The van der Waals surface area contributed by atoms with Crippen LogP contribution in [0.1, 0.15) is 0 Å². The molecule has 0 spiro atoms. The minimum atomic E-state index is 0.690. The third-order valence-corrected chi connectivity index (χ3v) is 4.80. The molecule has 0 saturated heterocycles. The predicted molar refractivity (Wildman–Crippen MR) is 79.2 cm³/mol.